The number of phenolic OH excluding ortho intramolecular Hbond substituents is 1. The smallest absolute Gasteiger partial charge is 0.228 e. The Bertz CT molecular complexity index is 1140. The molecule has 31 heavy (non-hydrogen) atoms. The molecule has 0 saturated heterocycles. The number of phenols is 1. The Hall–Kier alpha value is -3.32. The van der Waals surface area contributed by atoms with Crippen molar-refractivity contribution in [3.63, 3.8) is 0 Å². The second-order valence-electron chi connectivity index (χ2n) is 7.53. The summed E-state index contributed by atoms with van der Waals surface area (Å²) in [6.07, 6.45) is 1.66. The molecule has 3 aromatic rings. The van der Waals surface area contributed by atoms with Crippen LogP contribution in [0.4, 0.5) is 0 Å². The maximum Gasteiger partial charge on any atom is 0.228 e. The first-order valence-corrected chi connectivity index (χ1v) is 10.6. The van der Waals surface area contributed by atoms with Crippen LogP contribution in [0.1, 0.15) is 36.5 Å². The largest absolute Gasteiger partial charge is 0.508 e. The van der Waals surface area contributed by atoms with Crippen molar-refractivity contribution in [2.24, 2.45) is 0 Å². The Labute approximate surface area is 182 Å². The molecule has 2 heterocycles. The van der Waals surface area contributed by atoms with Gasteiger partial charge in [-0.15, -0.1) is 0 Å². The molecule has 7 nitrogen and oxygen atoms in total. The standard InChI is InChI=1S/C24H28N4O3/c1-4-27(5-2)12-13-28-15-26-24-22(23(28)25)21(17-8-6-7-9-19(17)30-3)18-11-10-16(29)14-20(18)31-24/h6-11,14-15,21,25,29H,4-5,12-13H2,1-3H3/t21-/m1/s1. The molecule has 0 spiro atoms. The Morgan fingerprint density at radius 3 is 2.68 bits per heavy atom. The number of benzene rings is 2. The Kier molecular flexibility index (Phi) is 5.95. The molecule has 0 amide bonds. The number of aromatic nitrogens is 2. The van der Waals surface area contributed by atoms with Gasteiger partial charge in [0.15, 0.2) is 0 Å². The molecular weight excluding hydrogens is 392 g/mol. The number of rotatable bonds is 7. The Morgan fingerprint density at radius 1 is 1.16 bits per heavy atom. The molecule has 1 aliphatic heterocycles. The fraction of sp³-hybridized carbons (Fsp3) is 0.333. The maximum atomic E-state index is 9.99. The van der Waals surface area contributed by atoms with Gasteiger partial charge < -0.3 is 24.0 Å². The summed E-state index contributed by atoms with van der Waals surface area (Å²) < 4.78 is 13.5. The summed E-state index contributed by atoms with van der Waals surface area (Å²) in [7, 11) is 1.64. The van der Waals surface area contributed by atoms with E-state index in [1.165, 1.54) is 0 Å². The zero-order valence-electron chi connectivity index (χ0n) is 18.1. The van der Waals surface area contributed by atoms with Crippen molar-refractivity contribution in [3.05, 3.63) is 71.0 Å². The highest BCUT2D eigenvalue weighted by atomic mass is 16.5. The van der Waals surface area contributed by atoms with Gasteiger partial charge in [0.1, 0.15) is 29.1 Å². The van der Waals surface area contributed by atoms with E-state index in [0.29, 0.717) is 29.2 Å². The van der Waals surface area contributed by atoms with Crippen LogP contribution in [-0.4, -0.2) is 46.3 Å². The van der Waals surface area contributed by atoms with Crippen LogP contribution in [0.5, 0.6) is 23.1 Å². The van der Waals surface area contributed by atoms with Crippen molar-refractivity contribution < 1.29 is 14.6 Å². The van der Waals surface area contributed by atoms with E-state index in [1.54, 1.807) is 25.6 Å². The minimum absolute atomic E-state index is 0.122. The normalized spacial score (nSPS) is 14.6. The van der Waals surface area contributed by atoms with Crippen LogP contribution >= 0.6 is 0 Å². The van der Waals surface area contributed by atoms with Crippen molar-refractivity contribution in [3.8, 4) is 23.1 Å². The van der Waals surface area contributed by atoms with E-state index in [0.717, 1.165) is 36.5 Å². The molecule has 4 rings (SSSR count). The number of hydrogen-bond donors (Lipinski definition) is 2. The van der Waals surface area contributed by atoms with Gasteiger partial charge in [-0.25, -0.2) is 4.98 Å². The van der Waals surface area contributed by atoms with Crippen LogP contribution in [0.15, 0.2) is 48.8 Å². The van der Waals surface area contributed by atoms with Crippen molar-refractivity contribution in [2.75, 3.05) is 26.7 Å². The highest BCUT2D eigenvalue weighted by Gasteiger charge is 2.33. The number of fused-ring (bicyclic) bond motifs is 2. The van der Waals surface area contributed by atoms with E-state index >= 15 is 0 Å². The Balaban J connectivity index is 1.87. The van der Waals surface area contributed by atoms with Crippen molar-refractivity contribution in [2.45, 2.75) is 26.3 Å². The zero-order chi connectivity index (χ0) is 22.0. The van der Waals surface area contributed by atoms with Crippen LogP contribution in [0.3, 0.4) is 0 Å². The van der Waals surface area contributed by atoms with E-state index in [-0.39, 0.29) is 11.7 Å². The maximum absolute atomic E-state index is 9.99. The molecule has 0 radical (unpaired) electrons. The third-order valence-electron chi connectivity index (χ3n) is 5.89. The summed E-state index contributed by atoms with van der Waals surface area (Å²) >= 11 is 0. The summed E-state index contributed by atoms with van der Waals surface area (Å²) in [6.45, 7) is 7.72. The molecule has 2 N–H and O–H groups in total. The topological polar surface area (TPSA) is 83.6 Å². The number of ether oxygens (including phenoxy) is 2. The second-order valence-corrected chi connectivity index (χ2v) is 7.53. The second kappa shape index (κ2) is 8.81. The van der Waals surface area contributed by atoms with E-state index in [4.69, 9.17) is 14.9 Å². The molecule has 0 unspecified atom stereocenters. The predicted octanol–water partition coefficient (Wildman–Crippen LogP) is 3.70. The van der Waals surface area contributed by atoms with Gasteiger partial charge in [-0.05, 0) is 25.2 Å². The van der Waals surface area contributed by atoms with Gasteiger partial charge >= 0.3 is 0 Å². The lowest BCUT2D eigenvalue weighted by Crippen LogP contribution is -2.34. The van der Waals surface area contributed by atoms with Gasteiger partial charge in [0, 0.05) is 30.3 Å². The molecule has 0 fully saturated rings. The average Bonchev–Trinajstić information content (AvgIpc) is 2.79. The van der Waals surface area contributed by atoms with Gasteiger partial charge in [-0.3, -0.25) is 5.41 Å². The summed E-state index contributed by atoms with van der Waals surface area (Å²) in [4.78, 5) is 6.87. The van der Waals surface area contributed by atoms with Gasteiger partial charge in [0.25, 0.3) is 0 Å². The first-order chi connectivity index (χ1) is 15.1. The number of hydrogen-bond acceptors (Lipinski definition) is 6. The SMILES string of the molecule is CCN(CC)CCn1cnc2c(c1=N)[C@H](c1ccccc1OC)c1ccc(O)cc1O2. The van der Waals surface area contributed by atoms with Crippen molar-refractivity contribution in [1.29, 1.82) is 5.41 Å². The van der Waals surface area contributed by atoms with Crippen molar-refractivity contribution in [1.82, 2.24) is 14.5 Å². The highest BCUT2D eigenvalue weighted by molar-refractivity contribution is 5.59. The highest BCUT2D eigenvalue weighted by Crippen LogP contribution is 2.47. The molecular formula is C24H28N4O3. The lowest BCUT2D eigenvalue weighted by Gasteiger charge is -2.29. The molecule has 0 aliphatic carbocycles. The number of nitrogens with zero attached hydrogens (tertiary/aromatic N) is 3. The lowest BCUT2D eigenvalue weighted by atomic mass is 9.83. The average molecular weight is 421 g/mol. The van der Waals surface area contributed by atoms with E-state index in [2.05, 4.69) is 23.7 Å². The van der Waals surface area contributed by atoms with Crippen LogP contribution in [0, 0.1) is 5.41 Å². The van der Waals surface area contributed by atoms with E-state index < -0.39 is 0 Å². The quantitative estimate of drug-likeness (QED) is 0.476. The fourth-order valence-electron chi connectivity index (χ4n) is 4.14. The lowest BCUT2D eigenvalue weighted by molar-refractivity contribution is 0.286. The minimum atomic E-state index is -0.295. The third-order valence-corrected chi connectivity index (χ3v) is 5.89. The Morgan fingerprint density at radius 2 is 1.94 bits per heavy atom. The summed E-state index contributed by atoms with van der Waals surface area (Å²) in [5.74, 6) is 1.49. The van der Waals surface area contributed by atoms with Gasteiger partial charge in [0.05, 0.1) is 18.6 Å². The summed E-state index contributed by atoms with van der Waals surface area (Å²) in [5, 5.41) is 19.0. The number of nitrogens with one attached hydrogen (secondary N) is 1. The van der Waals surface area contributed by atoms with E-state index in [9.17, 15) is 5.11 Å². The molecule has 1 aliphatic rings. The number of methoxy groups -OCH3 is 1. The zero-order valence-corrected chi connectivity index (χ0v) is 18.1. The van der Waals surface area contributed by atoms with E-state index in [1.807, 2.05) is 34.9 Å². The minimum Gasteiger partial charge on any atom is -0.508 e. The number of likely N-dealkylation sites (N-methyl/N-ethyl adjacent to an activating group) is 1. The third kappa shape index (κ3) is 3.88. The van der Waals surface area contributed by atoms with Crippen LogP contribution in [0.25, 0.3) is 0 Å². The first kappa shape index (κ1) is 20.9. The van der Waals surface area contributed by atoms with Gasteiger partial charge in [-0.2, -0.15) is 0 Å². The van der Waals surface area contributed by atoms with Gasteiger partial charge in [0.2, 0.25) is 5.88 Å². The molecule has 1 atom stereocenters. The fourth-order valence-corrected chi connectivity index (χ4v) is 4.14. The molecule has 1 aromatic heterocycles. The number of aromatic hydroxyl groups is 1. The molecule has 162 valence electrons. The molecule has 7 heteroatoms. The number of para-hydroxylation sites is 1. The van der Waals surface area contributed by atoms with Gasteiger partial charge in [-0.1, -0.05) is 38.1 Å². The molecule has 0 saturated carbocycles. The first-order valence-electron chi connectivity index (χ1n) is 10.6. The van der Waals surface area contributed by atoms with Crippen LogP contribution in [-0.2, 0) is 6.54 Å². The molecule has 2 aromatic carbocycles. The predicted molar refractivity (Wildman–Crippen MR) is 118 cm³/mol. The summed E-state index contributed by atoms with van der Waals surface area (Å²) in [6, 6.07) is 12.9. The molecule has 0 bridgehead atoms. The van der Waals surface area contributed by atoms with Crippen LogP contribution < -0.4 is 15.0 Å². The monoisotopic (exact) mass is 420 g/mol. The summed E-state index contributed by atoms with van der Waals surface area (Å²) in [5.41, 5.74) is 2.86. The van der Waals surface area contributed by atoms with Crippen molar-refractivity contribution >= 4 is 0 Å². The van der Waals surface area contributed by atoms with Crippen LogP contribution in [0.2, 0.25) is 0 Å².